The van der Waals surface area contributed by atoms with Gasteiger partial charge in [-0.15, -0.1) is 0 Å². The van der Waals surface area contributed by atoms with Crippen molar-refractivity contribution < 1.29 is 14.2 Å². The second kappa shape index (κ2) is 6.48. The Kier molecular flexibility index (Phi) is 4.93. The molecule has 0 saturated carbocycles. The van der Waals surface area contributed by atoms with Crippen LogP contribution in [0.2, 0.25) is 0 Å². The van der Waals surface area contributed by atoms with E-state index in [4.69, 9.17) is 14.2 Å². The molecule has 0 radical (unpaired) electrons. The molecular formula is C14H20BrNO3. The maximum Gasteiger partial charge on any atom is 0.175 e. The summed E-state index contributed by atoms with van der Waals surface area (Å²) in [6, 6.07) is 2.17. The Labute approximate surface area is 122 Å². The highest BCUT2D eigenvalue weighted by atomic mass is 79.9. The molecule has 5 heteroatoms. The van der Waals surface area contributed by atoms with Crippen molar-refractivity contribution in [2.24, 2.45) is 0 Å². The minimum absolute atomic E-state index is 0.290. The van der Waals surface area contributed by atoms with Crippen LogP contribution >= 0.6 is 15.9 Å². The fraction of sp³-hybridized carbons (Fsp3) is 0.571. The number of ether oxygens (including phenoxy) is 3. The van der Waals surface area contributed by atoms with E-state index in [-0.39, 0.29) is 6.04 Å². The lowest BCUT2D eigenvalue weighted by Gasteiger charge is -2.27. The molecule has 4 nitrogen and oxygen atoms in total. The van der Waals surface area contributed by atoms with Gasteiger partial charge in [-0.05, 0) is 35.3 Å². The maximum atomic E-state index is 5.52. The summed E-state index contributed by atoms with van der Waals surface area (Å²) in [5, 5.41) is 3.53. The van der Waals surface area contributed by atoms with Crippen LogP contribution in [0.25, 0.3) is 0 Å². The predicted octanol–water partition coefficient (Wildman–Crippen LogP) is 3.29. The number of piperidine rings is 1. The summed E-state index contributed by atoms with van der Waals surface area (Å²) < 4.78 is 17.2. The highest BCUT2D eigenvalue weighted by molar-refractivity contribution is 9.10. The van der Waals surface area contributed by atoms with Crippen LogP contribution in [0.5, 0.6) is 17.2 Å². The van der Waals surface area contributed by atoms with Gasteiger partial charge < -0.3 is 19.5 Å². The molecule has 0 amide bonds. The highest BCUT2D eigenvalue weighted by Crippen LogP contribution is 2.46. The molecule has 1 aromatic rings. The van der Waals surface area contributed by atoms with Gasteiger partial charge in [0.05, 0.1) is 25.8 Å². The standard InChI is InChI=1S/C14H20BrNO3/c1-17-10-8-11(18-2)14(19-3)13(15)12(10)9-6-4-5-7-16-9/h8-9,16H,4-7H2,1-3H3. The van der Waals surface area contributed by atoms with Gasteiger partial charge >= 0.3 is 0 Å². The van der Waals surface area contributed by atoms with Gasteiger partial charge in [-0.1, -0.05) is 6.42 Å². The van der Waals surface area contributed by atoms with Gasteiger partial charge in [0.2, 0.25) is 0 Å². The third-order valence-electron chi connectivity index (χ3n) is 3.49. The lowest BCUT2D eigenvalue weighted by atomic mass is 9.96. The molecule has 19 heavy (non-hydrogen) atoms. The van der Waals surface area contributed by atoms with Crippen molar-refractivity contribution in [2.45, 2.75) is 25.3 Å². The second-order valence-corrected chi connectivity index (χ2v) is 5.34. The quantitative estimate of drug-likeness (QED) is 0.920. The van der Waals surface area contributed by atoms with Crippen LogP contribution in [0, 0.1) is 0 Å². The summed E-state index contributed by atoms with van der Waals surface area (Å²) in [4.78, 5) is 0. The molecule has 106 valence electrons. The summed E-state index contributed by atoms with van der Waals surface area (Å²) in [7, 11) is 4.95. The normalized spacial score (nSPS) is 19.1. The Hall–Kier alpha value is -0.940. The molecule has 1 aromatic carbocycles. The van der Waals surface area contributed by atoms with Gasteiger partial charge in [-0.2, -0.15) is 0 Å². The first-order valence-corrected chi connectivity index (χ1v) is 7.24. The third-order valence-corrected chi connectivity index (χ3v) is 4.28. The van der Waals surface area contributed by atoms with E-state index in [1.54, 1.807) is 21.3 Å². The summed E-state index contributed by atoms with van der Waals surface area (Å²) in [5.41, 5.74) is 1.11. The lowest BCUT2D eigenvalue weighted by Crippen LogP contribution is -2.27. The van der Waals surface area contributed by atoms with Gasteiger partial charge in [-0.25, -0.2) is 0 Å². The molecule has 1 heterocycles. The van der Waals surface area contributed by atoms with Gasteiger partial charge in [0, 0.05) is 17.7 Å². The Morgan fingerprint density at radius 2 is 1.84 bits per heavy atom. The summed E-state index contributed by atoms with van der Waals surface area (Å²) in [6.45, 7) is 1.04. The van der Waals surface area contributed by atoms with Crippen molar-refractivity contribution in [3.05, 3.63) is 16.1 Å². The van der Waals surface area contributed by atoms with E-state index in [0.29, 0.717) is 11.5 Å². The molecule has 0 aromatic heterocycles. The average Bonchev–Trinajstić information content (AvgIpc) is 2.46. The molecule has 0 aliphatic carbocycles. The van der Waals surface area contributed by atoms with E-state index in [1.165, 1.54) is 12.8 Å². The Morgan fingerprint density at radius 3 is 2.37 bits per heavy atom. The van der Waals surface area contributed by atoms with Gasteiger partial charge in [0.1, 0.15) is 5.75 Å². The van der Waals surface area contributed by atoms with Crippen molar-refractivity contribution in [3.8, 4) is 17.2 Å². The molecule has 1 saturated heterocycles. The van der Waals surface area contributed by atoms with Crippen LogP contribution in [0.3, 0.4) is 0 Å². The smallest absolute Gasteiger partial charge is 0.175 e. The molecule has 1 fully saturated rings. The topological polar surface area (TPSA) is 39.7 Å². The highest BCUT2D eigenvalue weighted by Gasteiger charge is 2.26. The maximum absolute atomic E-state index is 5.52. The number of rotatable bonds is 4. The van der Waals surface area contributed by atoms with Crippen LogP contribution in [-0.4, -0.2) is 27.9 Å². The number of nitrogens with one attached hydrogen (secondary N) is 1. The van der Waals surface area contributed by atoms with E-state index in [0.717, 1.165) is 28.8 Å². The van der Waals surface area contributed by atoms with E-state index < -0.39 is 0 Å². The van der Waals surface area contributed by atoms with E-state index in [1.807, 2.05) is 6.07 Å². The zero-order valence-corrected chi connectivity index (χ0v) is 13.2. The monoisotopic (exact) mass is 329 g/mol. The minimum atomic E-state index is 0.290. The summed E-state index contributed by atoms with van der Waals surface area (Å²) >= 11 is 3.64. The number of hydrogen-bond donors (Lipinski definition) is 1. The van der Waals surface area contributed by atoms with Crippen LogP contribution in [0.4, 0.5) is 0 Å². The molecule has 1 aliphatic heterocycles. The molecule has 1 N–H and O–H groups in total. The van der Waals surface area contributed by atoms with Crippen molar-refractivity contribution in [2.75, 3.05) is 27.9 Å². The third kappa shape index (κ3) is 2.82. The minimum Gasteiger partial charge on any atom is -0.496 e. The van der Waals surface area contributed by atoms with Gasteiger partial charge in [0.15, 0.2) is 11.5 Å². The SMILES string of the molecule is COc1cc(OC)c(C2CCCCN2)c(Br)c1OC. The van der Waals surface area contributed by atoms with E-state index in [9.17, 15) is 0 Å². The first-order valence-electron chi connectivity index (χ1n) is 6.44. The van der Waals surface area contributed by atoms with E-state index >= 15 is 0 Å². The van der Waals surface area contributed by atoms with Crippen molar-refractivity contribution in [3.63, 3.8) is 0 Å². The Balaban J connectivity index is 2.50. The fourth-order valence-corrected chi connectivity index (χ4v) is 3.36. The summed E-state index contributed by atoms with van der Waals surface area (Å²) in [6.07, 6.45) is 3.55. The van der Waals surface area contributed by atoms with Crippen molar-refractivity contribution in [1.82, 2.24) is 5.32 Å². The number of halogens is 1. The molecule has 1 atom stereocenters. The predicted molar refractivity (Wildman–Crippen MR) is 78.4 cm³/mol. The zero-order chi connectivity index (χ0) is 13.8. The zero-order valence-electron chi connectivity index (χ0n) is 11.6. The molecule has 2 rings (SSSR count). The molecule has 0 spiro atoms. The number of hydrogen-bond acceptors (Lipinski definition) is 4. The van der Waals surface area contributed by atoms with Crippen molar-refractivity contribution >= 4 is 15.9 Å². The Morgan fingerprint density at radius 1 is 1.11 bits per heavy atom. The molecule has 0 bridgehead atoms. The first kappa shape index (κ1) is 14.5. The second-order valence-electron chi connectivity index (χ2n) is 4.54. The average molecular weight is 330 g/mol. The Bertz CT molecular complexity index is 445. The van der Waals surface area contributed by atoms with Crippen LogP contribution in [0.1, 0.15) is 30.9 Å². The lowest BCUT2D eigenvalue weighted by molar-refractivity contribution is 0.337. The molecule has 1 unspecified atom stereocenters. The first-order chi connectivity index (χ1) is 9.22. The fourth-order valence-electron chi connectivity index (χ4n) is 2.53. The largest absolute Gasteiger partial charge is 0.496 e. The van der Waals surface area contributed by atoms with Crippen LogP contribution < -0.4 is 19.5 Å². The number of methoxy groups -OCH3 is 3. The van der Waals surface area contributed by atoms with Crippen LogP contribution in [-0.2, 0) is 0 Å². The van der Waals surface area contributed by atoms with Crippen LogP contribution in [0.15, 0.2) is 10.5 Å². The van der Waals surface area contributed by atoms with E-state index in [2.05, 4.69) is 21.2 Å². The van der Waals surface area contributed by atoms with Gasteiger partial charge in [0.25, 0.3) is 0 Å². The molecular weight excluding hydrogens is 310 g/mol. The van der Waals surface area contributed by atoms with Gasteiger partial charge in [-0.3, -0.25) is 0 Å². The summed E-state index contributed by atoms with van der Waals surface area (Å²) in [5.74, 6) is 2.21. The van der Waals surface area contributed by atoms with Crippen molar-refractivity contribution in [1.29, 1.82) is 0 Å². The number of benzene rings is 1. The molecule has 1 aliphatic rings.